The van der Waals surface area contributed by atoms with Crippen molar-refractivity contribution in [1.29, 1.82) is 0 Å². The Morgan fingerprint density at radius 2 is 1.56 bits per heavy atom. The zero-order valence-electron chi connectivity index (χ0n) is 9.84. The summed E-state index contributed by atoms with van der Waals surface area (Å²) in [6.07, 6.45) is -1.39. The Kier molecular flexibility index (Phi) is 11.2. The van der Waals surface area contributed by atoms with E-state index >= 15 is 0 Å². The summed E-state index contributed by atoms with van der Waals surface area (Å²) in [5, 5.41) is 24.9. The third-order valence-corrected chi connectivity index (χ3v) is 1.24. The molecular weight excluding hydrogens is 216 g/mol. The number of aliphatic hydroxyl groups is 2. The maximum atomic E-state index is 10.5. The maximum Gasteiger partial charge on any atom is 0.308 e. The number of carbonyl (C=O) groups is 2. The van der Waals surface area contributed by atoms with Crippen molar-refractivity contribution in [2.45, 2.75) is 45.8 Å². The molecule has 6 nitrogen and oxygen atoms in total. The highest BCUT2D eigenvalue weighted by Crippen LogP contribution is 1.91. The van der Waals surface area contributed by atoms with Crippen LogP contribution in [0.3, 0.4) is 0 Å². The van der Waals surface area contributed by atoms with Crippen LogP contribution in [0.25, 0.3) is 0 Å². The molecular formula is C10H20O6. The minimum absolute atomic E-state index is 0.0911. The summed E-state index contributed by atoms with van der Waals surface area (Å²) in [6, 6.07) is 0. The third kappa shape index (κ3) is 18.6. The van der Waals surface area contributed by atoms with E-state index in [0.29, 0.717) is 6.61 Å². The molecule has 6 heteroatoms. The van der Waals surface area contributed by atoms with Crippen LogP contribution < -0.4 is 0 Å². The Bertz CT molecular complexity index is 199. The lowest BCUT2D eigenvalue weighted by molar-refractivity contribution is -0.145. The highest BCUT2D eigenvalue weighted by atomic mass is 16.5. The number of carbonyl (C=O) groups excluding carboxylic acids is 1. The molecule has 0 fully saturated rings. The van der Waals surface area contributed by atoms with Gasteiger partial charge in [0.2, 0.25) is 0 Å². The van der Waals surface area contributed by atoms with Gasteiger partial charge in [0.25, 0.3) is 0 Å². The molecule has 0 rings (SSSR count). The number of rotatable bonds is 5. The molecule has 0 spiro atoms. The van der Waals surface area contributed by atoms with Crippen molar-refractivity contribution in [2.24, 2.45) is 0 Å². The lowest BCUT2D eigenvalue weighted by Crippen LogP contribution is -2.11. The predicted molar refractivity (Wildman–Crippen MR) is 56.9 cm³/mol. The van der Waals surface area contributed by atoms with Gasteiger partial charge in [-0.05, 0) is 20.8 Å². The predicted octanol–water partition coefficient (Wildman–Crippen LogP) is 0.162. The molecule has 0 aromatic carbocycles. The molecule has 0 aromatic rings. The van der Waals surface area contributed by atoms with Crippen molar-refractivity contribution < 1.29 is 29.6 Å². The molecule has 0 heterocycles. The van der Waals surface area contributed by atoms with Crippen LogP contribution in [0.5, 0.6) is 0 Å². The Hall–Kier alpha value is -1.14. The summed E-state index contributed by atoms with van der Waals surface area (Å²) in [6.45, 7) is 5.11. The molecule has 3 N–H and O–H groups in total. The first kappa shape index (κ1) is 17.3. The minimum atomic E-state index is -0.963. The summed E-state index contributed by atoms with van der Waals surface area (Å²) in [5.74, 6) is -1.30. The second-order valence-corrected chi connectivity index (χ2v) is 3.31. The van der Waals surface area contributed by atoms with Crippen LogP contribution in [0.15, 0.2) is 0 Å². The highest BCUT2D eigenvalue weighted by molar-refractivity contribution is 5.69. The van der Waals surface area contributed by atoms with E-state index in [2.05, 4.69) is 4.74 Å². The van der Waals surface area contributed by atoms with Crippen LogP contribution in [0.4, 0.5) is 0 Å². The second-order valence-electron chi connectivity index (χ2n) is 3.31. The van der Waals surface area contributed by atoms with Gasteiger partial charge in [0.15, 0.2) is 0 Å². The van der Waals surface area contributed by atoms with Crippen LogP contribution in [-0.4, -0.2) is 46.1 Å². The fourth-order valence-corrected chi connectivity index (χ4v) is 0.714. The smallest absolute Gasteiger partial charge is 0.308 e. The molecule has 0 saturated carbocycles. The number of hydrogen-bond acceptors (Lipinski definition) is 5. The quantitative estimate of drug-likeness (QED) is 0.587. The maximum absolute atomic E-state index is 10.5. The van der Waals surface area contributed by atoms with Gasteiger partial charge in [-0.15, -0.1) is 0 Å². The van der Waals surface area contributed by atoms with Crippen LogP contribution in [0.2, 0.25) is 0 Å². The summed E-state index contributed by atoms with van der Waals surface area (Å²) >= 11 is 0. The molecule has 0 aliphatic rings. The molecule has 0 aliphatic carbocycles. The van der Waals surface area contributed by atoms with Gasteiger partial charge in [-0.2, -0.15) is 0 Å². The first-order valence-electron chi connectivity index (χ1n) is 5.03. The van der Waals surface area contributed by atoms with E-state index in [-0.39, 0.29) is 18.8 Å². The van der Waals surface area contributed by atoms with Gasteiger partial charge >= 0.3 is 11.9 Å². The van der Waals surface area contributed by atoms with Crippen LogP contribution in [0, 0.1) is 0 Å². The SMILES string of the molecule is CC(O)CC(=O)O.CCOC(=O)CC(C)O. The minimum Gasteiger partial charge on any atom is -0.481 e. The summed E-state index contributed by atoms with van der Waals surface area (Å²) < 4.78 is 4.55. The van der Waals surface area contributed by atoms with E-state index in [1.807, 2.05) is 0 Å². The molecule has 0 amide bonds. The number of ether oxygens (including phenoxy) is 1. The Labute approximate surface area is 94.8 Å². The van der Waals surface area contributed by atoms with Crippen LogP contribution in [-0.2, 0) is 14.3 Å². The topological polar surface area (TPSA) is 104 Å². The third-order valence-electron chi connectivity index (χ3n) is 1.24. The van der Waals surface area contributed by atoms with Gasteiger partial charge in [-0.25, -0.2) is 0 Å². The summed E-state index contributed by atoms with van der Waals surface area (Å²) in [4.78, 5) is 20.1. The molecule has 0 saturated heterocycles. The highest BCUT2D eigenvalue weighted by Gasteiger charge is 2.04. The van der Waals surface area contributed by atoms with Crippen molar-refractivity contribution in [3.63, 3.8) is 0 Å². The van der Waals surface area contributed by atoms with Crippen molar-refractivity contribution >= 4 is 11.9 Å². The van der Waals surface area contributed by atoms with Gasteiger partial charge in [-0.3, -0.25) is 9.59 Å². The number of carboxylic acids is 1. The summed E-state index contributed by atoms with van der Waals surface area (Å²) in [5.41, 5.74) is 0. The fourth-order valence-electron chi connectivity index (χ4n) is 0.714. The zero-order valence-corrected chi connectivity index (χ0v) is 9.84. The lowest BCUT2D eigenvalue weighted by atomic mass is 10.3. The molecule has 0 radical (unpaired) electrons. The van der Waals surface area contributed by atoms with Crippen molar-refractivity contribution in [2.75, 3.05) is 6.61 Å². The fraction of sp³-hybridized carbons (Fsp3) is 0.800. The van der Waals surface area contributed by atoms with Gasteiger partial charge in [0.05, 0.1) is 31.7 Å². The largest absolute Gasteiger partial charge is 0.481 e. The number of carboxylic acid groups (broad SMARTS) is 1. The number of esters is 1. The van der Waals surface area contributed by atoms with Gasteiger partial charge in [0.1, 0.15) is 0 Å². The number of hydrogen-bond donors (Lipinski definition) is 3. The summed E-state index contributed by atoms with van der Waals surface area (Å²) in [7, 11) is 0. The van der Waals surface area contributed by atoms with E-state index in [1.54, 1.807) is 13.8 Å². The van der Waals surface area contributed by atoms with Crippen molar-refractivity contribution in [3.8, 4) is 0 Å². The molecule has 2 atom stereocenters. The molecule has 96 valence electrons. The average Bonchev–Trinajstić information content (AvgIpc) is 2.00. The van der Waals surface area contributed by atoms with Gasteiger partial charge in [0, 0.05) is 0 Å². The van der Waals surface area contributed by atoms with Gasteiger partial charge in [-0.1, -0.05) is 0 Å². The van der Waals surface area contributed by atoms with E-state index in [1.165, 1.54) is 6.92 Å². The first-order valence-corrected chi connectivity index (χ1v) is 5.03. The first-order chi connectivity index (χ1) is 7.29. The van der Waals surface area contributed by atoms with E-state index in [4.69, 9.17) is 15.3 Å². The van der Waals surface area contributed by atoms with Crippen LogP contribution in [0.1, 0.15) is 33.6 Å². The van der Waals surface area contributed by atoms with Crippen molar-refractivity contribution in [1.82, 2.24) is 0 Å². The van der Waals surface area contributed by atoms with E-state index < -0.39 is 18.2 Å². The number of aliphatic carboxylic acids is 1. The standard InChI is InChI=1S/C6H12O3.C4H8O3/c1-3-9-6(8)4-5(2)7;1-3(5)2-4(6)7/h5,7H,3-4H2,1-2H3;3,5H,2H2,1H3,(H,6,7). The van der Waals surface area contributed by atoms with E-state index in [9.17, 15) is 9.59 Å². The second kappa shape index (κ2) is 10.4. The Balaban J connectivity index is 0. The normalized spacial score (nSPS) is 13.1. The molecule has 0 bridgehead atoms. The van der Waals surface area contributed by atoms with E-state index in [0.717, 1.165) is 0 Å². The lowest BCUT2D eigenvalue weighted by Gasteiger charge is -2.01. The molecule has 0 aliphatic heterocycles. The Morgan fingerprint density at radius 1 is 1.12 bits per heavy atom. The molecule has 0 aromatic heterocycles. The average molecular weight is 236 g/mol. The number of aliphatic hydroxyl groups excluding tert-OH is 2. The Morgan fingerprint density at radius 3 is 1.75 bits per heavy atom. The zero-order chi connectivity index (χ0) is 13.1. The molecule has 16 heavy (non-hydrogen) atoms. The van der Waals surface area contributed by atoms with Gasteiger partial charge < -0.3 is 20.1 Å². The van der Waals surface area contributed by atoms with Crippen molar-refractivity contribution in [3.05, 3.63) is 0 Å². The monoisotopic (exact) mass is 236 g/mol. The molecule has 2 unspecified atom stereocenters. The van der Waals surface area contributed by atoms with Crippen LogP contribution >= 0.6 is 0 Å².